The van der Waals surface area contributed by atoms with Gasteiger partial charge in [0.05, 0.1) is 18.8 Å². The first-order chi connectivity index (χ1) is 11.1. The fourth-order valence-corrected chi connectivity index (χ4v) is 4.02. The monoisotopic (exact) mass is 349 g/mol. The molecule has 122 valence electrons. The summed E-state index contributed by atoms with van der Waals surface area (Å²) in [6.07, 6.45) is 1.09. The van der Waals surface area contributed by atoms with E-state index in [9.17, 15) is 4.79 Å². The van der Waals surface area contributed by atoms with Crippen LogP contribution in [-0.2, 0) is 11.2 Å². The van der Waals surface area contributed by atoms with Gasteiger partial charge in [0.15, 0.2) is 4.34 Å². The number of nitrogens with zero attached hydrogens (tertiary/aromatic N) is 3. The highest BCUT2D eigenvalue weighted by Crippen LogP contribution is 2.24. The van der Waals surface area contributed by atoms with Crippen LogP contribution in [0.3, 0.4) is 0 Å². The van der Waals surface area contributed by atoms with E-state index in [4.69, 9.17) is 4.74 Å². The molecule has 1 aliphatic rings. The molecule has 1 aromatic carbocycles. The van der Waals surface area contributed by atoms with Gasteiger partial charge in [-0.3, -0.25) is 4.79 Å². The molecule has 0 bridgehead atoms. The van der Waals surface area contributed by atoms with Gasteiger partial charge in [0.1, 0.15) is 16.9 Å². The van der Waals surface area contributed by atoms with Crippen molar-refractivity contribution >= 4 is 29.0 Å². The van der Waals surface area contributed by atoms with E-state index in [-0.39, 0.29) is 12.0 Å². The summed E-state index contributed by atoms with van der Waals surface area (Å²) in [6.45, 7) is 5.35. The fraction of sp³-hybridized carbons (Fsp3) is 0.438. The zero-order chi connectivity index (χ0) is 16.2. The van der Waals surface area contributed by atoms with Gasteiger partial charge in [0.2, 0.25) is 5.91 Å². The van der Waals surface area contributed by atoms with Gasteiger partial charge < -0.3 is 9.64 Å². The molecule has 0 N–H and O–H groups in total. The van der Waals surface area contributed by atoms with Crippen molar-refractivity contribution < 1.29 is 9.53 Å². The lowest BCUT2D eigenvalue weighted by atomic mass is 10.1. The summed E-state index contributed by atoms with van der Waals surface area (Å²) < 4.78 is 6.77. The van der Waals surface area contributed by atoms with Crippen LogP contribution >= 0.6 is 23.1 Å². The second-order valence-corrected chi connectivity index (χ2v) is 7.82. The molecular weight excluding hydrogens is 330 g/mol. The van der Waals surface area contributed by atoms with Crippen molar-refractivity contribution in [3.63, 3.8) is 0 Å². The maximum atomic E-state index is 12.1. The number of carbonyl (C=O) groups excluding carboxylic acids is 1. The van der Waals surface area contributed by atoms with Crippen molar-refractivity contribution in [2.24, 2.45) is 0 Å². The topological polar surface area (TPSA) is 55.3 Å². The molecule has 0 unspecified atom stereocenters. The van der Waals surface area contributed by atoms with E-state index >= 15 is 0 Å². The molecule has 0 aliphatic carbocycles. The summed E-state index contributed by atoms with van der Waals surface area (Å²) in [5.74, 6) is 1.43. The summed E-state index contributed by atoms with van der Waals surface area (Å²) in [7, 11) is 0. The number of ether oxygens (including phenoxy) is 1. The second kappa shape index (κ2) is 7.31. The van der Waals surface area contributed by atoms with E-state index in [0.29, 0.717) is 18.8 Å². The van der Waals surface area contributed by atoms with Gasteiger partial charge in [-0.15, -0.1) is 10.2 Å². The van der Waals surface area contributed by atoms with Crippen LogP contribution in [0.15, 0.2) is 28.6 Å². The van der Waals surface area contributed by atoms with Gasteiger partial charge >= 0.3 is 0 Å². The first-order valence-corrected chi connectivity index (χ1v) is 9.40. The molecule has 3 rings (SSSR count). The van der Waals surface area contributed by atoms with Gasteiger partial charge in [-0.2, -0.15) is 0 Å². The number of aryl methyl sites for hydroxylation is 2. The zero-order valence-corrected chi connectivity index (χ0v) is 14.8. The number of likely N-dealkylation sites (tertiary alicyclic amines) is 1. The van der Waals surface area contributed by atoms with E-state index in [1.54, 1.807) is 0 Å². The van der Waals surface area contributed by atoms with Crippen LogP contribution in [0.25, 0.3) is 0 Å². The Bertz CT molecular complexity index is 683. The van der Waals surface area contributed by atoms with Crippen LogP contribution in [0, 0.1) is 6.92 Å². The van der Waals surface area contributed by atoms with Crippen molar-refractivity contribution in [1.82, 2.24) is 15.1 Å². The van der Waals surface area contributed by atoms with Crippen LogP contribution in [0.4, 0.5) is 0 Å². The van der Waals surface area contributed by atoms with E-state index in [2.05, 4.69) is 29.3 Å². The van der Waals surface area contributed by atoms with Crippen molar-refractivity contribution in [3.05, 3.63) is 34.8 Å². The molecule has 2 aromatic rings. The second-order valence-electron chi connectivity index (χ2n) is 5.42. The molecule has 5 nitrogen and oxygen atoms in total. The Balaban J connectivity index is 1.42. The average molecular weight is 349 g/mol. The number of carbonyl (C=O) groups is 1. The van der Waals surface area contributed by atoms with E-state index in [1.165, 1.54) is 28.7 Å². The molecule has 0 radical (unpaired) electrons. The van der Waals surface area contributed by atoms with Gasteiger partial charge in [0.25, 0.3) is 0 Å². The number of rotatable bonds is 6. The van der Waals surface area contributed by atoms with Crippen LogP contribution in [-0.4, -0.2) is 46.0 Å². The van der Waals surface area contributed by atoms with Gasteiger partial charge in [0, 0.05) is 0 Å². The number of hydrogen-bond acceptors (Lipinski definition) is 6. The van der Waals surface area contributed by atoms with Crippen molar-refractivity contribution in [3.8, 4) is 5.75 Å². The number of thioether (sulfide) groups is 1. The predicted octanol–water partition coefficient (Wildman–Crippen LogP) is 2.79. The normalized spacial score (nSPS) is 14.6. The molecule has 0 saturated carbocycles. The third kappa shape index (κ3) is 4.23. The van der Waals surface area contributed by atoms with Crippen LogP contribution < -0.4 is 4.74 Å². The van der Waals surface area contributed by atoms with E-state index in [1.807, 2.05) is 24.0 Å². The molecule has 2 heterocycles. The quantitative estimate of drug-likeness (QED) is 0.751. The Morgan fingerprint density at radius 2 is 2.26 bits per heavy atom. The average Bonchev–Trinajstić information content (AvgIpc) is 2.94. The smallest absolute Gasteiger partial charge is 0.233 e. The van der Waals surface area contributed by atoms with Gasteiger partial charge in [-0.1, -0.05) is 42.2 Å². The molecule has 1 saturated heterocycles. The summed E-state index contributed by atoms with van der Waals surface area (Å²) in [5.41, 5.74) is 1.26. The predicted molar refractivity (Wildman–Crippen MR) is 92.2 cm³/mol. The highest BCUT2D eigenvalue weighted by Gasteiger charge is 2.32. The lowest BCUT2D eigenvalue weighted by Gasteiger charge is -2.39. The molecule has 1 fully saturated rings. The number of benzene rings is 1. The highest BCUT2D eigenvalue weighted by molar-refractivity contribution is 8.01. The summed E-state index contributed by atoms with van der Waals surface area (Å²) in [4.78, 5) is 13.9. The van der Waals surface area contributed by atoms with Crippen molar-refractivity contribution in [1.29, 1.82) is 0 Å². The highest BCUT2D eigenvalue weighted by atomic mass is 32.2. The van der Waals surface area contributed by atoms with E-state index < -0.39 is 0 Å². The third-order valence-electron chi connectivity index (χ3n) is 3.64. The van der Waals surface area contributed by atoms with Crippen LogP contribution in [0.2, 0.25) is 0 Å². The first kappa shape index (κ1) is 16.3. The lowest BCUT2D eigenvalue weighted by molar-refractivity contribution is -0.137. The minimum absolute atomic E-state index is 0.0971. The standard InChI is InChI=1S/C16H19N3O2S2/c1-3-12-5-4-6-13(7-12)21-14-8-19(9-14)15(20)10-22-16-18-17-11(2)23-16/h4-7,14H,3,8-10H2,1-2H3. The van der Waals surface area contributed by atoms with Gasteiger partial charge in [-0.25, -0.2) is 0 Å². The molecular formula is C16H19N3O2S2. The van der Waals surface area contributed by atoms with E-state index in [0.717, 1.165) is 21.5 Å². The zero-order valence-electron chi connectivity index (χ0n) is 13.2. The van der Waals surface area contributed by atoms with Gasteiger partial charge in [-0.05, 0) is 31.0 Å². The molecule has 1 aliphatic heterocycles. The summed E-state index contributed by atoms with van der Waals surface area (Å²) in [6, 6.07) is 8.14. The largest absolute Gasteiger partial charge is 0.487 e. The Morgan fingerprint density at radius 1 is 1.43 bits per heavy atom. The SMILES string of the molecule is CCc1cccc(OC2CN(C(=O)CSc3nnc(C)s3)C2)c1. The maximum Gasteiger partial charge on any atom is 0.233 e. The Hall–Kier alpha value is -1.60. The Labute approximate surface area is 144 Å². The molecule has 1 aromatic heterocycles. The Morgan fingerprint density at radius 3 is 2.96 bits per heavy atom. The Kier molecular flexibility index (Phi) is 5.17. The van der Waals surface area contributed by atoms with Crippen molar-refractivity contribution in [2.75, 3.05) is 18.8 Å². The lowest BCUT2D eigenvalue weighted by Crippen LogP contribution is -2.56. The van der Waals surface area contributed by atoms with Crippen LogP contribution in [0.1, 0.15) is 17.5 Å². The molecule has 7 heteroatoms. The molecule has 23 heavy (non-hydrogen) atoms. The maximum absolute atomic E-state index is 12.1. The molecule has 1 amide bonds. The minimum Gasteiger partial charge on any atom is -0.487 e. The third-order valence-corrected chi connectivity index (χ3v) is 5.59. The van der Waals surface area contributed by atoms with Crippen molar-refractivity contribution in [2.45, 2.75) is 30.7 Å². The summed E-state index contributed by atoms with van der Waals surface area (Å²) in [5, 5.41) is 8.89. The number of aromatic nitrogens is 2. The number of amides is 1. The fourth-order valence-electron chi connectivity index (χ4n) is 2.30. The summed E-state index contributed by atoms with van der Waals surface area (Å²) >= 11 is 2.97. The number of hydrogen-bond donors (Lipinski definition) is 0. The van der Waals surface area contributed by atoms with Crippen LogP contribution in [0.5, 0.6) is 5.75 Å². The minimum atomic E-state index is 0.0971. The molecule has 0 spiro atoms. The first-order valence-electron chi connectivity index (χ1n) is 7.60. The molecule has 0 atom stereocenters.